The second kappa shape index (κ2) is 10.3. The van der Waals surface area contributed by atoms with Gasteiger partial charge in [-0.25, -0.2) is 18.0 Å². The van der Waals surface area contributed by atoms with E-state index in [2.05, 4.69) is 22.1 Å². The largest absolute Gasteiger partial charge is 0.544 e. The van der Waals surface area contributed by atoms with E-state index in [-0.39, 0.29) is 6.42 Å². The van der Waals surface area contributed by atoms with E-state index in [0.29, 0.717) is 0 Å². The van der Waals surface area contributed by atoms with Crippen molar-refractivity contribution < 1.29 is 74.0 Å². The highest BCUT2D eigenvalue weighted by Crippen LogP contribution is 2.66. The Hall–Kier alpha value is 0.605. The highest BCUT2D eigenvalue weighted by atomic mass is 31.3. The van der Waals surface area contributed by atoms with Gasteiger partial charge in [-0.05, 0) is 6.42 Å². The van der Waals surface area contributed by atoms with Crippen molar-refractivity contribution in [3.8, 4) is 0 Å². The van der Waals surface area contributed by atoms with Gasteiger partial charge in [0, 0.05) is 6.00 Å². The van der Waals surface area contributed by atoms with E-state index in [1.54, 1.807) is 0 Å². The van der Waals surface area contributed by atoms with Crippen LogP contribution in [0.3, 0.4) is 0 Å². The Morgan fingerprint density at radius 3 is 2.21 bits per heavy atom. The van der Waals surface area contributed by atoms with Crippen molar-refractivity contribution in [3.05, 3.63) is 0 Å². The van der Waals surface area contributed by atoms with E-state index in [4.69, 9.17) is 27.4 Å². The number of ether oxygens (including phenoxy) is 1. The zero-order chi connectivity index (χ0) is 21.8. The van der Waals surface area contributed by atoms with E-state index >= 15 is 0 Å². The SMILES string of the molecule is [B][C@H]1C[C@H](OP(=O)(O)O[B]F)[C@@H](COP(=O)(O)OP(=O)(O)OP(=O)(O)[B]O)O1. The molecule has 1 rings (SSSR count). The average Bonchev–Trinajstić information content (AvgIpc) is 2.81. The molecule has 1 saturated heterocycles. The normalized spacial score (nSPS) is 31.1. The molecule has 0 aromatic rings. The van der Waals surface area contributed by atoms with E-state index in [1.165, 1.54) is 0 Å². The Morgan fingerprint density at radius 1 is 1.07 bits per heavy atom. The van der Waals surface area contributed by atoms with E-state index in [0.717, 1.165) is 0 Å². The van der Waals surface area contributed by atoms with Crippen LogP contribution in [0.2, 0.25) is 0 Å². The molecule has 15 nitrogen and oxygen atoms in total. The summed E-state index contributed by atoms with van der Waals surface area (Å²) in [5.74, 6) is 0. The molecule has 0 aliphatic carbocycles. The van der Waals surface area contributed by atoms with Gasteiger partial charge in [0.2, 0.25) is 0 Å². The van der Waals surface area contributed by atoms with Crippen LogP contribution in [0, 0.1) is 0 Å². The predicted octanol–water partition coefficient (Wildman–Crippen LogP) is -0.762. The molecule has 4 unspecified atom stereocenters. The fourth-order valence-electron chi connectivity index (χ4n) is 1.76. The van der Waals surface area contributed by atoms with Crippen LogP contribution in [0.25, 0.3) is 0 Å². The smallest absolute Gasteiger partial charge is 0.444 e. The van der Waals surface area contributed by atoms with Gasteiger partial charge in [-0.15, -0.1) is 0 Å². The second-order valence-corrected chi connectivity index (χ2v) is 11.0. The lowest BCUT2D eigenvalue weighted by Gasteiger charge is -2.22. The summed E-state index contributed by atoms with van der Waals surface area (Å²) in [6, 6.07) is -1.10. The lowest BCUT2D eigenvalue weighted by atomic mass is 9.96. The van der Waals surface area contributed by atoms with E-state index < -0.39 is 70.7 Å². The lowest BCUT2D eigenvalue weighted by molar-refractivity contribution is -0.00358. The standard InChI is InChI=1S/C5H12B3FO15P4/c6-5-1-3(21-27(15,16)22-7-9)4(20-5)2-19-26(13,14)24-28(17,18)23-25(11,12)8-10/h3-5,10H,1-2H2,(H,11,12)(H,13,14)(H,15,16)(H,17,18)/t3-,4+,5+/m0/s1. The molecule has 0 amide bonds. The maximum atomic E-state index is 11.9. The van der Waals surface area contributed by atoms with E-state index in [9.17, 15) is 32.4 Å². The molecule has 5 N–H and O–H groups in total. The van der Waals surface area contributed by atoms with Crippen molar-refractivity contribution in [2.45, 2.75) is 24.6 Å². The summed E-state index contributed by atoms with van der Waals surface area (Å²) in [6.45, 7) is -0.978. The Morgan fingerprint density at radius 2 is 1.68 bits per heavy atom. The van der Waals surface area contributed by atoms with Crippen molar-refractivity contribution in [2.75, 3.05) is 6.61 Å². The van der Waals surface area contributed by atoms with Gasteiger partial charge in [0.25, 0.3) is 0 Å². The van der Waals surface area contributed by atoms with Crippen molar-refractivity contribution >= 4 is 53.7 Å². The van der Waals surface area contributed by atoms with E-state index in [1.807, 2.05) is 0 Å². The van der Waals surface area contributed by atoms with Crippen LogP contribution < -0.4 is 0 Å². The molecule has 7 atom stereocenters. The quantitative estimate of drug-likeness (QED) is 0.168. The highest BCUT2D eigenvalue weighted by Gasteiger charge is 2.44. The number of rotatable bonds is 12. The van der Waals surface area contributed by atoms with Crippen LogP contribution in [-0.2, 0) is 45.1 Å². The summed E-state index contributed by atoms with van der Waals surface area (Å²) in [4.78, 5) is 36.6. The van der Waals surface area contributed by atoms with Gasteiger partial charge in [-0.1, -0.05) is 0 Å². The highest BCUT2D eigenvalue weighted by molar-refractivity contribution is 7.85. The first kappa shape index (κ1) is 26.6. The number of phosphoric ester groups is 2. The third-order valence-electron chi connectivity index (χ3n) is 2.64. The zero-order valence-corrected chi connectivity index (χ0v) is 16.9. The van der Waals surface area contributed by atoms with Crippen molar-refractivity contribution in [3.63, 3.8) is 0 Å². The summed E-state index contributed by atoms with van der Waals surface area (Å²) in [5.41, 5.74) is 0. The molecule has 0 bridgehead atoms. The minimum atomic E-state index is -5.67. The van der Waals surface area contributed by atoms with Crippen LogP contribution >= 0.6 is 30.9 Å². The summed E-state index contributed by atoms with van der Waals surface area (Å²) in [7, 11) is -16.8. The topological polar surface area (TPSA) is 225 Å². The summed E-state index contributed by atoms with van der Waals surface area (Å²) in [6.07, 6.45) is -3.08. The van der Waals surface area contributed by atoms with Gasteiger partial charge >= 0.3 is 45.9 Å². The maximum Gasteiger partial charge on any atom is 0.544 e. The number of hydrogen-bond acceptors (Lipinski definition) is 11. The molecule has 158 valence electrons. The van der Waals surface area contributed by atoms with Gasteiger partial charge < -0.3 is 33.8 Å². The van der Waals surface area contributed by atoms with Gasteiger partial charge in [-0.2, -0.15) is 4.31 Å². The lowest BCUT2D eigenvalue weighted by Crippen LogP contribution is -2.28. The molecule has 4 radical (unpaired) electrons. The fourth-order valence-corrected chi connectivity index (χ4v) is 5.78. The Bertz CT molecular complexity index is 722. The first-order valence-corrected chi connectivity index (χ1v) is 12.8. The molecule has 1 aliphatic heterocycles. The molecule has 0 aromatic heterocycles. The monoisotopic (exact) mass is 488 g/mol. The second-order valence-electron chi connectivity index (χ2n) is 4.83. The third kappa shape index (κ3) is 9.61. The zero-order valence-electron chi connectivity index (χ0n) is 13.4. The van der Waals surface area contributed by atoms with Crippen LogP contribution in [0.5, 0.6) is 0 Å². The van der Waals surface area contributed by atoms with Gasteiger partial charge in [0.15, 0.2) is 0 Å². The minimum Gasteiger partial charge on any atom is -0.444 e. The van der Waals surface area contributed by atoms with Crippen molar-refractivity contribution in [1.82, 2.24) is 0 Å². The Labute approximate surface area is 159 Å². The molecule has 28 heavy (non-hydrogen) atoms. The molecular weight excluding hydrogens is 475 g/mol. The molecule has 0 saturated carbocycles. The van der Waals surface area contributed by atoms with Crippen LogP contribution in [0.4, 0.5) is 4.32 Å². The van der Waals surface area contributed by atoms with Crippen LogP contribution in [0.1, 0.15) is 6.42 Å². The van der Waals surface area contributed by atoms with Gasteiger partial charge in [-0.3, -0.25) is 17.9 Å². The van der Waals surface area contributed by atoms with Gasteiger partial charge in [0.05, 0.1) is 12.7 Å². The van der Waals surface area contributed by atoms with Crippen molar-refractivity contribution in [1.29, 1.82) is 0 Å². The molecule has 1 heterocycles. The first-order chi connectivity index (χ1) is 12.6. The molecule has 0 aromatic carbocycles. The van der Waals surface area contributed by atoms with Crippen molar-refractivity contribution in [2.24, 2.45) is 0 Å². The molecule has 23 heteroatoms. The number of halogens is 1. The Balaban J connectivity index is 2.71. The molecule has 1 fully saturated rings. The third-order valence-corrected chi connectivity index (χ3v) is 7.71. The molecule has 0 spiro atoms. The first-order valence-electron chi connectivity index (χ1n) is 6.67. The van der Waals surface area contributed by atoms with Crippen LogP contribution in [-0.4, -0.2) is 72.2 Å². The fraction of sp³-hybridized carbons (Fsp3) is 1.00. The molecule has 1 aliphatic rings. The van der Waals surface area contributed by atoms with Crippen LogP contribution in [0.15, 0.2) is 0 Å². The average molecular weight is 487 g/mol. The minimum absolute atomic E-state index is 0.257. The summed E-state index contributed by atoms with van der Waals surface area (Å²) >= 11 is 0. The predicted molar refractivity (Wildman–Crippen MR) is 87.2 cm³/mol. The molecular formula is C5H12B3FO15P4. The Kier molecular flexibility index (Phi) is 9.78. The van der Waals surface area contributed by atoms with Gasteiger partial charge in [0.1, 0.15) is 14.0 Å². The summed E-state index contributed by atoms with van der Waals surface area (Å²) in [5, 5.41) is 8.35. The summed E-state index contributed by atoms with van der Waals surface area (Å²) < 4.78 is 82.3. The maximum absolute atomic E-state index is 11.9. The number of phosphoric acid groups is 3. The number of hydrogen-bond donors (Lipinski definition) is 5.